The fraction of sp³-hybridized carbons (Fsp3) is 0.440. The van der Waals surface area contributed by atoms with E-state index in [0.717, 1.165) is 50.8 Å². The normalized spacial score (nSPS) is 18.4. The summed E-state index contributed by atoms with van der Waals surface area (Å²) in [5, 5.41) is 19.2. The Kier molecular flexibility index (Phi) is 6.35. The molecule has 0 bridgehead atoms. The standard InChI is InChI=1S/C25H27N5O3S/c26-14-17-7-2-3-8-18(17)15-30-24(33)22-20(27-25(30)28-10-4-1-5-11-28)13-21(34-22)23(32)29-12-6-9-19(29)16-31/h2-3,7-8,13,19,31H,1,4-6,9-12,15-16H2/t19-/m0/s1. The quantitative estimate of drug-likeness (QED) is 0.606. The number of benzene rings is 1. The number of carbonyl (C=O) groups excluding carboxylic acids is 1. The van der Waals surface area contributed by atoms with Crippen LogP contribution in [-0.4, -0.2) is 57.7 Å². The highest BCUT2D eigenvalue weighted by atomic mass is 32.1. The van der Waals surface area contributed by atoms with E-state index in [1.165, 1.54) is 11.3 Å². The lowest BCUT2D eigenvalue weighted by Gasteiger charge is -2.29. The molecule has 1 N–H and O–H groups in total. The van der Waals surface area contributed by atoms with Gasteiger partial charge in [-0.3, -0.25) is 14.2 Å². The van der Waals surface area contributed by atoms with E-state index < -0.39 is 0 Å². The number of aromatic nitrogens is 2. The highest BCUT2D eigenvalue weighted by molar-refractivity contribution is 7.20. The second-order valence-electron chi connectivity index (χ2n) is 8.92. The van der Waals surface area contributed by atoms with Crippen LogP contribution in [0, 0.1) is 11.3 Å². The third kappa shape index (κ3) is 4.08. The molecular formula is C25H27N5O3S. The molecule has 9 heteroatoms. The zero-order chi connectivity index (χ0) is 23.7. The molecule has 0 aliphatic carbocycles. The number of hydrogen-bond acceptors (Lipinski definition) is 7. The first-order chi connectivity index (χ1) is 16.6. The average Bonchev–Trinajstić information content (AvgIpc) is 3.53. The molecule has 1 atom stereocenters. The molecule has 2 aliphatic heterocycles. The molecule has 4 heterocycles. The highest BCUT2D eigenvalue weighted by Crippen LogP contribution is 2.29. The van der Waals surface area contributed by atoms with E-state index in [-0.39, 0.29) is 30.7 Å². The van der Waals surface area contributed by atoms with E-state index in [0.29, 0.717) is 33.2 Å². The van der Waals surface area contributed by atoms with Crippen molar-refractivity contribution in [1.82, 2.24) is 14.5 Å². The molecule has 176 valence electrons. The monoisotopic (exact) mass is 477 g/mol. The number of anilines is 1. The van der Waals surface area contributed by atoms with Crippen LogP contribution in [0.1, 0.15) is 52.9 Å². The van der Waals surface area contributed by atoms with Crippen LogP contribution in [0.25, 0.3) is 10.2 Å². The number of amides is 1. The van der Waals surface area contributed by atoms with Gasteiger partial charge in [0.05, 0.1) is 41.2 Å². The molecule has 0 spiro atoms. The van der Waals surface area contributed by atoms with Crippen LogP contribution in [0.4, 0.5) is 5.95 Å². The van der Waals surface area contributed by atoms with Gasteiger partial charge < -0.3 is 14.9 Å². The van der Waals surface area contributed by atoms with Crippen LogP contribution in [0.3, 0.4) is 0 Å². The zero-order valence-electron chi connectivity index (χ0n) is 18.9. The lowest BCUT2D eigenvalue weighted by atomic mass is 10.1. The largest absolute Gasteiger partial charge is 0.394 e. The van der Waals surface area contributed by atoms with Crippen molar-refractivity contribution in [3.8, 4) is 6.07 Å². The lowest BCUT2D eigenvalue weighted by Crippen LogP contribution is -2.37. The van der Waals surface area contributed by atoms with Crippen LogP contribution >= 0.6 is 11.3 Å². The van der Waals surface area contributed by atoms with Crippen LogP contribution < -0.4 is 10.5 Å². The molecule has 34 heavy (non-hydrogen) atoms. The summed E-state index contributed by atoms with van der Waals surface area (Å²) in [6.45, 7) is 2.44. The summed E-state index contributed by atoms with van der Waals surface area (Å²) in [7, 11) is 0. The molecule has 1 aromatic carbocycles. The first-order valence-corrected chi connectivity index (χ1v) is 12.6. The van der Waals surface area contributed by atoms with Gasteiger partial charge in [0.2, 0.25) is 5.95 Å². The van der Waals surface area contributed by atoms with Gasteiger partial charge in [-0.25, -0.2) is 4.98 Å². The van der Waals surface area contributed by atoms with Gasteiger partial charge in [0, 0.05) is 19.6 Å². The van der Waals surface area contributed by atoms with Crippen LogP contribution in [0.5, 0.6) is 0 Å². The first-order valence-electron chi connectivity index (χ1n) is 11.8. The van der Waals surface area contributed by atoms with Crippen LogP contribution in [0.2, 0.25) is 0 Å². The van der Waals surface area contributed by atoms with Crippen molar-refractivity contribution in [2.75, 3.05) is 31.1 Å². The van der Waals surface area contributed by atoms with Crippen molar-refractivity contribution in [3.63, 3.8) is 0 Å². The number of rotatable bonds is 5. The maximum Gasteiger partial charge on any atom is 0.273 e. The third-order valence-electron chi connectivity index (χ3n) is 6.78. The number of aliphatic hydroxyl groups is 1. The predicted molar refractivity (Wildman–Crippen MR) is 131 cm³/mol. The second kappa shape index (κ2) is 9.57. The molecule has 3 aromatic rings. The molecule has 0 saturated carbocycles. The molecule has 2 aromatic heterocycles. The van der Waals surface area contributed by atoms with Gasteiger partial charge in [-0.05, 0) is 49.8 Å². The number of likely N-dealkylation sites (tertiary alicyclic amines) is 1. The van der Waals surface area contributed by atoms with Crippen molar-refractivity contribution in [2.24, 2.45) is 0 Å². The van der Waals surface area contributed by atoms with Crippen molar-refractivity contribution >= 4 is 33.4 Å². The molecule has 2 fully saturated rings. The summed E-state index contributed by atoms with van der Waals surface area (Å²) in [4.78, 5) is 36.1. The van der Waals surface area contributed by atoms with E-state index >= 15 is 0 Å². The Morgan fingerprint density at radius 1 is 1.18 bits per heavy atom. The summed E-state index contributed by atoms with van der Waals surface area (Å²) in [5.41, 5.74) is 1.64. The number of piperidine rings is 1. The number of aliphatic hydroxyl groups excluding tert-OH is 1. The summed E-state index contributed by atoms with van der Waals surface area (Å²) in [5.74, 6) is 0.441. The number of hydrogen-bond donors (Lipinski definition) is 1. The van der Waals surface area contributed by atoms with Gasteiger partial charge in [-0.15, -0.1) is 11.3 Å². The van der Waals surface area contributed by atoms with Crippen molar-refractivity contribution in [3.05, 3.63) is 56.7 Å². The Morgan fingerprint density at radius 3 is 2.74 bits per heavy atom. The van der Waals surface area contributed by atoms with Crippen molar-refractivity contribution in [2.45, 2.75) is 44.7 Å². The highest BCUT2D eigenvalue weighted by Gasteiger charge is 2.30. The average molecular weight is 478 g/mol. The second-order valence-corrected chi connectivity index (χ2v) is 9.97. The van der Waals surface area contributed by atoms with Crippen LogP contribution in [0.15, 0.2) is 35.1 Å². The Bertz CT molecular complexity index is 1320. The molecule has 0 unspecified atom stereocenters. The fourth-order valence-corrected chi connectivity index (χ4v) is 5.96. The maximum absolute atomic E-state index is 13.7. The molecule has 8 nitrogen and oxygen atoms in total. The van der Waals surface area contributed by atoms with Crippen LogP contribution in [-0.2, 0) is 6.54 Å². The molecule has 2 aliphatic rings. The summed E-state index contributed by atoms with van der Waals surface area (Å²) < 4.78 is 2.10. The number of thiophene rings is 1. The summed E-state index contributed by atoms with van der Waals surface area (Å²) in [6.07, 6.45) is 4.88. The molecule has 0 radical (unpaired) electrons. The Labute approximate surface area is 201 Å². The number of fused-ring (bicyclic) bond motifs is 1. The fourth-order valence-electron chi connectivity index (χ4n) is 4.95. The van der Waals surface area contributed by atoms with E-state index in [1.807, 2.05) is 18.2 Å². The van der Waals surface area contributed by atoms with Gasteiger partial charge in [0.1, 0.15) is 4.70 Å². The Balaban J connectivity index is 1.60. The predicted octanol–water partition coefficient (Wildman–Crippen LogP) is 2.97. The molecular weight excluding hydrogens is 450 g/mol. The molecule has 1 amide bonds. The summed E-state index contributed by atoms with van der Waals surface area (Å²) in [6, 6.07) is 11.1. The van der Waals surface area contributed by atoms with E-state index in [4.69, 9.17) is 4.98 Å². The minimum atomic E-state index is -0.192. The van der Waals surface area contributed by atoms with E-state index in [1.54, 1.807) is 21.6 Å². The van der Waals surface area contributed by atoms with E-state index in [9.17, 15) is 20.0 Å². The van der Waals surface area contributed by atoms with Gasteiger partial charge >= 0.3 is 0 Å². The number of nitriles is 1. The number of carbonyl (C=O) groups is 1. The summed E-state index contributed by atoms with van der Waals surface area (Å²) >= 11 is 1.17. The topological polar surface area (TPSA) is 102 Å². The lowest BCUT2D eigenvalue weighted by molar-refractivity contribution is 0.0682. The first kappa shape index (κ1) is 22.6. The molecule has 5 rings (SSSR count). The zero-order valence-corrected chi connectivity index (χ0v) is 19.8. The van der Waals surface area contributed by atoms with Gasteiger partial charge in [0.25, 0.3) is 11.5 Å². The van der Waals surface area contributed by atoms with Gasteiger partial charge in [0.15, 0.2) is 0 Å². The SMILES string of the molecule is N#Cc1ccccc1Cn1c(N2CCCCC2)nc2cc(C(=O)N3CCC[C@H]3CO)sc2c1=O. The minimum absolute atomic E-state index is 0.0564. The molecule has 2 saturated heterocycles. The van der Waals surface area contributed by atoms with Gasteiger partial charge in [-0.1, -0.05) is 18.2 Å². The van der Waals surface area contributed by atoms with E-state index in [2.05, 4.69) is 11.0 Å². The number of nitrogens with zero attached hydrogens (tertiary/aromatic N) is 5. The smallest absolute Gasteiger partial charge is 0.273 e. The van der Waals surface area contributed by atoms with Crippen molar-refractivity contribution in [1.29, 1.82) is 5.26 Å². The minimum Gasteiger partial charge on any atom is -0.394 e. The third-order valence-corrected chi connectivity index (χ3v) is 7.88. The van der Waals surface area contributed by atoms with Gasteiger partial charge in [-0.2, -0.15) is 5.26 Å². The van der Waals surface area contributed by atoms with Crippen molar-refractivity contribution < 1.29 is 9.90 Å². The maximum atomic E-state index is 13.7. The Morgan fingerprint density at radius 2 is 1.97 bits per heavy atom. The Hall–Kier alpha value is -3.22.